The van der Waals surface area contributed by atoms with Crippen LogP contribution in [0.4, 0.5) is 5.13 Å². The lowest BCUT2D eigenvalue weighted by Crippen LogP contribution is -2.30. The van der Waals surface area contributed by atoms with Gasteiger partial charge in [0.1, 0.15) is 11.3 Å². The van der Waals surface area contributed by atoms with Gasteiger partial charge in [0.05, 0.1) is 33.8 Å². The predicted octanol–water partition coefficient (Wildman–Crippen LogP) is 5.55. The van der Waals surface area contributed by atoms with Crippen molar-refractivity contribution >= 4 is 54.1 Å². The zero-order chi connectivity index (χ0) is 21.2. The van der Waals surface area contributed by atoms with Crippen molar-refractivity contribution in [3.8, 4) is 5.75 Å². The van der Waals surface area contributed by atoms with Gasteiger partial charge in [0.2, 0.25) is 0 Å². The first-order chi connectivity index (χ1) is 15.2. The molecule has 0 saturated heterocycles. The Morgan fingerprint density at radius 1 is 0.968 bits per heavy atom. The Morgan fingerprint density at radius 2 is 1.81 bits per heavy atom. The second-order valence-electron chi connectivity index (χ2n) is 6.73. The highest BCUT2D eigenvalue weighted by molar-refractivity contribution is 7.23. The van der Waals surface area contributed by atoms with Crippen LogP contribution < -0.4 is 9.64 Å². The maximum atomic E-state index is 13.6. The zero-order valence-electron chi connectivity index (χ0n) is 16.7. The molecule has 5 aromatic rings. The van der Waals surface area contributed by atoms with Gasteiger partial charge in [-0.15, -0.1) is 11.3 Å². The third-order valence-electron chi connectivity index (χ3n) is 4.67. The van der Waals surface area contributed by atoms with Crippen molar-refractivity contribution in [1.82, 2.24) is 15.0 Å². The summed E-state index contributed by atoms with van der Waals surface area (Å²) in [5.41, 5.74) is 2.35. The number of thiazole rings is 2. The Balaban J connectivity index is 1.59. The highest BCUT2D eigenvalue weighted by atomic mass is 32.1. The molecule has 2 aromatic carbocycles. The number of hydrogen-bond donors (Lipinski definition) is 0. The fourth-order valence-corrected chi connectivity index (χ4v) is 5.15. The molecule has 3 heterocycles. The molecular weight excluding hydrogens is 428 g/mol. The normalized spacial score (nSPS) is 11.1. The number of anilines is 1. The molecule has 0 unspecified atom stereocenters. The van der Waals surface area contributed by atoms with Crippen molar-refractivity contribution < 1.29 is 9.53 Å². The summed E-state index contributed by atoms with van der Waals surface area (Å²) in [5.74, 6) is 0.525. The minimum atomic E-state index is -0.191. The predicted molar refractivity (Wildman–Crippen MR) is 125 cm³/mol. The number of pyridine rings is 1. The van der Waals surface area contributed by atoms with Crippen LogP contribution in [0.25, 0.3) is 20.4 Å². The molecule has 5 rings (SSSR count). The molecule has 0 saturated carbocycles. The Bertz CT molecular complexity index is 1330. The van der Waals surface area contributed by atoms with E-state index >= 15 is 0 Å². The van der Waals surface area contributed by atoms with Crippen molar-refractivity contribution in [1.29, 1.82) is 0 Å². The number of nitrogens with zero attached hydrogens (tertiary/aromatic N) is 4. The Hall–Kier alpha value is -3.36. The monoisotopic (exact) mass is 446 g/mol. The van der Waals surface area contributed by atoms with E-state index in [4.69, 9.17) is 9.72 Å². The quantitative estimate of drug-likeness (QED) is 0.342. The number of carbonyl (C=O) groups excluding carboxylic acids is 1. The molecule has 0 N–H and O–H groups in total. The van der Waals surface area contributed by atoms with Crippen molar-refractivity contribution in [2.75, 3.05) is 11.5 Å². The van der Waals surface area contributed by atoms with Gasteiger partial charge < -0.3 is 4.74 Å². The van der Waals surface area contributed by atoms with E-state index in [0.29, 0.717) is 29.0 Å². The van der Waals surface area contributed by atoms with Crippen LogP contribution in [-0.4, -0.2) is 27.5 Å². The summed E-state index contributed by atoms with van der Waals surface area (Å²) in [7, 11) is 0. The average Bonchev–Trinajstić information content (AvgIpc) is 3.43. The van der Waals surface area contributed by atoms with Gasteiger partial charge in [-0.05, 0) is 43.3 Å². The molecule has 0 spiro atoms. The first-order valence-electron chi connectivity index (χ1n) is 9.82. The maximum Gasteiger partial charge on any atom is 0.289 e. The van der Waals surface area contributed by atoms with E-state index in [-0.39, 0.29) is 5.91 Å². The molecule has 0 aliphatic heterocycles. The fraction of sp³-hybridized carbons (Fsp3) is 0.130. The van der Waals surface area contributed by atoms with Crippen molar-refractivity contribution in [3.63, 3.8) is 0 Å². The molecule has 0 radical (unpaired) electrons. The number of aromatic nitrogens is 3. The van der Waals surface area contributed by atoms with E-state index in [0.717, 1.165) is 26.1 Å². The van der Waals surface area contributed by atoms with Gasteiger partial charge >= 0.3 is 0 Å². The fourth-order valence-electron chi connectivity index (χ4n) is 3.26. The van der Waals surface area contributed by atoms with E-state index in [1.165, 1.54) is 22.7 Å². The summed E-state index contributed by atoms with van der Waals surface area (Å²) < 4.78 is 7.67. The smallest absolute Gasteiger partial charge is 0.289 e. The van der Waals surface area contributed by atoms with E-state index < -0.39 is 0 Å². The van der Waals surface area contributed by atoms with Gasteiger partial charge in [0.15, 0.2) is 10.1 Å². The SMILES string of the molecule is CCOc1cccc2sc(N(Cc3ccccn3)C(=O)c3nc4ccccc4s3)nc12. The van der Waals surface area contributed by atoms with Crippen LogP contribution in [0.1, 0.15) is 22.4 Å². The second kappa shape index (κ2) is 8.41. The number of para-hydroxylation sites is 2. The summed E-state index contributed by atoms with van der Waals surface area (Å²) in [5, 5.41) is 1.03. The molecule has 31 heavy (non-hydrogen) atoms. The molecular formula is C23H18N4O2S2. The average molecular weight is 447 g/mol. The van der Waals surface area contributed by atoms with Crippen LogP contribution in [0.15, 0.2) is 66.9 Å². The number of rotatable bonds is 6. The largest absolute Gasteiger partial charge is 0.492 e. The van der Waals surface area contributed by atoms with Crippen LogP contribution >= 0.6 is 22.7 Å². The summed E-state index contributed by atoms with van der Waals surface area (Å²) in [6.45, 7) is 2.80. The van der Waals surface area contributed by atoms with E-state index in [2.05, 4.69) is 9.97 Å². The van der Waals surface area contributed by atoms with Crippen LogP contribution in [0.2, 0.25) is 0 Å². The topological polar surface area (TPSA) is 68.2 Å². The number of benzene rings is 2. The van der Waals surface area contributed by atoms with Crippen molar-refractivity contribution in [2.24, 2.45) is 0 Å². The van der Waals surface area contributed by atoms with E-state index in [1.807, 2.05) is 67.6 Å². The summed E-state index contributed by atoms with van der Waals surface area (Å²) >= 11 is 2.84. The highest BCUT2D eigenvalue weighted by Crippen LogP contribution is 2.36. The van der Waals surface area contributed by atoms with Gasteiger partial charge in [0, 0.05) is 6.20 Å². The minimum absolute atomic E-state index is 0.191. The Morgan fingerprint density at radius 3 is 2.61 bits per heavy atom. The molecule has 0 aliphatic rings. The standard InChI is InChI=1S/C23H18N4O2S2/c1-2-29-17-10-7-12-19-20(17)26-23(31-19)27(14-15-8-5-6-13-24-15)22(28)21-25-16-9-3-4-11-18(16)30-21/h3-13H,2,14H2,1H3. The van der Waals surface area contributed by atoms with Crippen LogP contribution in [0.5, 0.6) is 5.75 Å². The van der Waals surface area contributed by atoms with Crippen LogP contribution in [-0.2, 0) is 6.54 Å². The molecule has 8 heteroatoms. The first-order valence-corrected chi connectivity index (χ1v) is 11.5. The number of fused-ring (bicyclic) bond motifs is 2. The molecule has 154 valence electrons. The van der Waals surface area contributed by atoms with E-state index in [1.54, 1.807) is 11.1 Å². The number of carbonyl (C=O) groups is 1. The molecule has 0 fully saturated rings. The van der Waals surface area contributed by atoms with Crippen molar-refractivity contribution in [3.05, 3.63) is 77.6 Å². The lowest BCUT2D eigenvalue weighted by molar-refractivity contribution is 0.0984. The zero-order valence-corrected chi connectivity index (χ0v) is 18.3. The third-order valence-corrected chi connectivity index (χ3v) is 6.74. The second-order valence-corrected chi connectivity index (χ2v) is 8.77. The Labute approximate surface area is 186 Å². The number of hydrogen-bond acceptors (Lipinski definition) is 7. The molecule has 0 bridgehead atoms. The Kier molecular flexibility index (Phi) is 5.31. The summed E-state index contributed by atoms with van der Waals surface area (Å²) in [6.07, 6.45) is 1.72. The molecule has 3 aromatic heterocycles. The van der Waals surface area contributed by atoms with Gasteiger partial charge in [-0.3, -0.25) is 14.7 Å². The van der Waals surface area contributed by atoms with Gasteiger partial charge in [0.25, 0.3) is 5.91 Å². The number of amides is 1. The molecule has 6 nitrogen and oxygen atoms in total. The lowest BCUT2D eigenvalue weighted by Gasteiger charge is -2.18. The highest BCUT2D eigenvalue weighted by Gasteiger charge is 2.25. The van der Waals surface area contributed by atoms with E-state index in [9.17, 15) is 4.79 Å². The van der Waals surface area contributed by atoms with Crippen LogP contribution in [0.3, 0.4) is 0 Å². The van der Waals surface area contributed by atoms with Gasteiger partial charge in [-0.2, -0.15) is 0 Å². The van der Waals surface area contributed by atoms with Gasteiger partial charge in [-0.1, -0.05) is 35.6 Å². The van der Waals surface area contributed by atoms with Crippen LogP contribution in [0, 0.1) is 0 Å². The summed E-state index contributed by atoms with van der Waals surface area (Å²) in [6, 6.07) is 19.2. The lowest BCUT2D eigenvalue weighted by atomic mass is 10.3. The maximum absolute atomic E-state index is 13.6. The third kappa shape index (κ3) is 3.87. The van der Waals surface area contributed by atoms with Gasteiger partial charge in [-0.25, -0.2) is 9.97 Å². The number of ether oxygens (including phenoxy) is 1. The minimum Gasteiger partial charge on any atom is -0.492 e. The molecule has 0 atom stereocenters. The van der Waals surface area contributed by atoms with Crippen molar-refractivity contribution in [2.45, 2.75) is 13.5 Å². The molecule has 1 amide bonds. The molecule has 0 aliphatic carbocycles. The first kappa shape index (κ1) is 19.6. The summed E-state index contributed by atoms with van der Waals surface area (Å²) in [4.78, 5) is 29.0.